The number of halogens is 2. The van der Waals surface area contributed by atoms with Crippen LogP contribution >= 0.6 is 0 Å². The van der Waals surface area contributed by atoms with Gasteiger partial charge in [0.1, 0.15) is 5.75 Å². The summed E-state index contributed by atoms with van der Waals surface area (Å²) in [6, 6.07) is 4.84. The third-order valence-electron chi connectivity index (χ3n) is 6.22. The number of alkyl halides is 2. The van der Waals surface area contributed by atoms with E-state index in [1.165, 1.54) is 13.5 Å². The summed E-state index contributed by atoms with van der Waals surface area (Å²) in [5.74, 6) is -1.21. The fraction of sp³-hybridized carbons (Fsp3) is 0.600. The first-order chi connectivity index (χ1) is 12.4. The second kappa shape index (κ2) is 6.03. The summed E-state index contributed by atoms with van der Waals surface area (Å²) in [6.07, 6.45) is 4.42. The molecule has 2 fully saturated rings. The quantitative estimate of drug-likeness (QED) is 0.781. The normalized spacial score (nSPS) is 23.8. The Bertz CT molecular complexity index is 889. The van der Waals surface area contributed by atoms with Gasteiger partial charge in [0, 0.05) is 11.5 Å². The molecule has 2 aromatic rings. The highest BCUT2D eigenvalue weighted by atomic mass is 19.3. The fourth-order valence-corrected chi connectivity index (χ4v) is 4.03. The van der Waals surface area contributed by atoms with E-state index >= 15 is 8.78 Å². The van der Waals surface area contributed by atoms with Crippen LogP contribution in [-0.2, 0) is 5.92 Å². The number of aromatic amines is 1. The number of aromatic nitrogens is 2. The van der Waals surface area contributed by atoms with Crippen LogP contribution in [0.1, 0.15) is 51.1 Å². The Balaban J connectivity index is 1.60. The molecule has 0 spiro atoms. The van der Waals surface area contributed by atoms with Crippen LogP contribution in [0.4, 0.5) is 8.78 Å². The van der Waals surface area contributed by atoms with Gasteiger partial charge in [-0.25, -0.2) is 4.98 Å². The van der Waals surface area contributed by atoms with Crippen molar-refractivity contribution >= 4 is 11.0 Å². The summed E-state index contributed by atoms with van der Waals surface area (Å²) in [5.41, 5.74) is -1.79. The number of ether oxygens (including phenoxy) is 1. The second-order valence-corrected chi connectivity index (χ2v) is 8.02. The van der Waals surface area contributed by atoms with Crippen LogP contribution < -0.4 is 10.3 Å². The number of hydrogen-bond acceptors (Lipinski definition) is 3. The molecule has 2 aliphatic rings. The Labute approximate surface area is 151 Å². The third-order valence-corrected chi connectivity index (χ3v) is 6.22. The van der Waals surface area contributed by atoms with Gasteiger partial charge in [-0.15, -0.1) is 0 Å². The van der Waals surface area contributed by atoms with E-state index in [4.69, 9.17) is 4.74 Å². The van der Waals surface area contributed by atoms with Gasteiger partial charge in [0.15, 0.2) is 5.69 Å². The molecular weight excluding hydrogens is 338 g/mol. The minimum Gasteiger partial charge on any atom is -0.497 e. The molecule has 2 aliphatic carbocycles. The average molecular weight is 362 g/mol. The highest BCUT2D eigenvalue weighted by Crippen LogP contribution is 2.63. The van der Waals surface area contributed by atoms with Gasteiger partial charge >= 0.3 is 5.92 Å². The molecule has 1 aromatic heterocycles. The van der Waals surface area contributed by atoms with E-state index in [1.54, 1.807) is 18.2 Å². The molecule has 4 nitrogen and oxygen atoms in total. The van der Waals surface area contributed by atoms with Crippen LogP contribution in [-0.4, -0.2) is 17.1 Å². The summed E-state index contributed by atoms with van der Waals surface area (Å²) in [4.78, 5) is 18.9. The minimum atomic E-state index is -3.20. The van der Waals surface area contributed by atoms with Crippen molar-refractivity contribution in [2.24, 2.45) is 17.3 Å². The molecule has 1 N–H and O–H groups in total. The lowest BCUT2D eigenvalue weighted by atomic mass is 9.88. The zero-order valence-corrected chi connectivity index (χ0v) is 15.1. The van der Waals surface area contributed by atoms with Crippen LogP contribution in [0.2, 0.25) is 0 Å². The fourth-order valence-electron chi connectivity index (χ4n) is 4.03. The molecule has 0 bridgehead atoms. The molecule has 140 valence electrons. The van der Waals surface area contributed by atoms with Crippen LogP contribution in [0.25, 0.3) is 11.0 Å². The van der Waals surface area contributed by atoms with Crippen molar-refractivity contribution < 1.29 is 13.5 Å². The van der Waals surface area contributed by atoms with Crippen molar-refractivity contribution in [2.75, 3.05) is 7.11 Å². The predicted molar refractivity (Wildman–Crippen MR) is 95.6 cm³/mol. The van der Waals surface area contributed by atoms with Crippen LogP contribution in [0.5, 0.6) is 5.75 Å². The van der Waals surface area contributed by atoms with E-state index in [2.05, 4.69) is 16.9 Å². The number of fused-ring (bicyclic) bond motifs is 1. The number of H-pyrrole nitrogens is 1. The lowest BCUT2D eigenvalue weighted by molar-refractivity contribution is -0.0891. The molecule has 4 rings (SSSR count). The number of benzene rings is 1. The highest BCUT2D eigenvalue weighted by Gasteiger charge is 2.63. The maximum absolute atomic E-state index is 15.2. The first-order valence-electron chi connectivity index (χ1n) is 9.33. The first kappa shape index (κ1) is 17.4. The van der Waals surface area contributed by atoms with Crippen molar-refractivity contribution in [1.82, 2.24) is 9.97 Å². The molecular formula is C20H24F2N2O2. The average Bonchev–Trinajstić information content (AvgIpc) is 3.52. The van der Waals surface area contributed by atoms with Gasteiger partial charge in [0.2, 0.25) is 0 Å². The largest absolute Gasteiger partial charge is 0.497 e. The predicted octanol–water partition coefficient (Wildman–Crippen LogP) is 4.63. The highest BCUT2D eigenvalue weighted by molar-refractivity contribution is 5.75. The molecule has 1 aromatic carbocycles. The topological polar surface area (TPSA) is 55.0 Å². The molecule has 26 heavy (non-hydrogen) atoms. The lowest BCUT2D eigenvalue weighted by Crippen LogP contribution is -2.35. The molecule has 0 saturated heterocycles. The van der Waals surface area contributed by atoms with E-state index in [0.29, 0.717) is 42.0 Å². The van der Waals surface area contributed by atoms with Crippen molar-refractivity contribution in [1.29, 1.82) is 0 Å². The number of hydrogen-bond donors (Lipinski definition) is 1. The van der Waals surface area contributed by atoms with Gasteiger partial charge in [0.25, 0.3) is 5.56 Å². The molecule has 0 radical (unpaired) electrons. The van der Waals surface area contributed by atoms with Crippen molar-refractivity contribution in [3.63, 3.8) is 0 Å². The zero-order valence-electron chi connectivity index (χ0n) is 15.1. The number of nitrogens with one attached hydrogen (secondary N) is 1. The van der Waals surface area contributed by atoms with Gasteiger partial charge in [0.05, 0.1) is 18.1 Å². The summed E-state index contributed by atoms with van der Waals surface area (Å²) >= 11 is 0. The molecule has 2 saturated carbocycles. The molecule has 0 aliphatic heterocycles. The van der Waals surface area contributed by atoms with E-state index in [0.717, 1.165) is 18.8 Å². The zero-order chi connectivity index (χ0) is 18.5. The Morgan fingerprint density at radius 1 is 1.38 bits per heavy atom. The summed E-state index contributed by atoms with van der Waals surface area (Å²) in [7, 11) is 1.51. The van der Waals surface area contributed by atoms with E-state index in [-0.39, 0.29) is 0 Å². The number of methoxy groups -OCH3 is 1. The summed E-state index contributed by atoms with van der Waals surface area (Å²) in [6.45, 7) is 2.21. The third kappa shape index (κ3) is 2.89. The first-order valence-corrected chi connectivity index (χ1v) is 9.33. The monoisotopic (exact) mass is 362 g/mol. The standard InChI is InChI=1S/C20H24F2N2O2/c1-12-10-13(12)4-3-7-19(8-9-19)20(21,22)17-18(25)24-16-11-14(26-2)5-6-15(16)23-17/h5-6,11-13H,3-4,7-10H2,1-2H3,(H,24,25). The van der Waals surface area contributed by atoms with Crippen LogP contribution in [0, 0.1) is 17.3 Å². The van der Waals surface area contributed by atoms with Crippen LogP contribution in [0.15, 0.2) is 23.0 Å². The Morgan fingerprint density at radius 3 is 2.73 bits per heavy atom. The van der Waals surface area contributed by atoms with E-state index in [9.17, 15) is 4.79 Å². The van der Waals surface area contributed by atoms with Gasteiger partial charge < -0.3 is 9.72 Å². The van der Waals surface area contributed by atoms with Gasteiger partial charge in [-0.2, -0.15) is 8.78 Å². The SMILES string of the molecule is COc1ccc2nc(C(F)(F)C3(CCCC4CC4C)CC3)c(=O)[nH]c2c1. The van der Waals surface area contributed by atoms with E-state index in [1.807, 2.05) is 0 Å². The number of nitrogens with zero attached hydrogens (tertiary/aromatic N) is 1. The lowest BCUT2D eigenvalue weighted by Gasteiger charge is -2.26. The van der Waals surface area contributed by atoms with Crippen molar-refractivity contribution in [3.05, 3.63) is 34.2 Å². The van der Waals surface area contributed by atoms with Gasteiger partial charge in [-0.3, -0.25) is 4.79 Å². The minimum absolute atomic E-state index is 0.350. The molecule has 1 heterocycles. The molecule has 0 amide bonds. The van der Waals surface area contributed by atoms with Gasteiger partial charge in [-0.05, 0) is 49.7 Å². The number of rotatable bonds is 7. The summed E-state index contributed by atoms with van der Waals surface area (Å²) < 4.78 is 35.6. The van der Waals surface area contributed by atoms with Crippen molar-refractivity contribution in [2.45, 2.75) is 51.4 Å². The maximum atomic E-state index is 15.2. The Kier molecular flexibility index (Phi) is 4.04. The molecule has 6 heteroatoms. The molecule has 2 unspecified atom stereocenters. The maximum Gasteiger partial charge on any atom is 0.300 e. The van der Waals surface area contributed by atoms with Crippen molar-refractivity contribution in [3.8, 4) is 5.75 Å². The molecule has 2 atom stereocenters. The Hall–Kier alpha value is -1.98. The summed E-state index contributed by atoms with van der Waals surface area (Å²) in [5, 5.41) is 0. The smallest absolute Gasteiger partial charge is 0.300 e. The van der Waals surface area contributed by atoms with Crippen LogP contribution in [0.3, 0.4) is 0 Å². The van der Waals surface area contributed by atoms with Gasteiger partial charge in [-0.1, -0.05) is 19.8 Å². The van der Waals surface area contributed by atoms with E-state index < -0.39 is 22.6 Å². The Morgan fingerprint density at radius 2 is 2.12 bits per heavy atom. The second-order valence-electron chi connectivity index (χ2n) is 8.02.